The van der Waals surface area contributed by atoms with Crippen LogP contribution in [-0.2, 0) is 16.5 Å². The third kappa shape index (κ3) is 6.72. The molecule has 4 aromatic carbocycles. The summed E-state index contributed by atoms with van der Waals surface area (Å²) in [6.07, 6.45) is 0.234. The second-order valence-electron chi connectivity index (χ2n) is 8.06. The summed E-state index contributed by atoms with van der Waals surface area (Å²) in [6.45, 7) is 1.68. The molecule has 0 unspecified atom stereocenters. The molecule has 13 heteroatoms. The van der Waals surface area contributed by atoms with Crippen molar-refractivity contribution in [3.8, 4) is 11.5 Å². The van der Waals surface area contributed by atoms with Gasteiger partial charge in [0.15, 0.2) is 0 Å². The number of hydrogen-bond acceptors (Lipinski definition) is 7. The first-order valence-electron chi connectivity index (χ1n) is 11.1. The topological polar surface area (TPSA) is 140 Å². The third-order valence-electron chi connectivity index (χ3n) is 5.64. The molecule has 0 fully saturated rings. The van der Waals surface area contributed by atoms with Crippen molar-refractivity contribution in [2.24, 2.45) is 10.2 Å². The Labute approximate surface area is 256 Å². The van der Waals surface area contributed by atoms with Gasteiger partial charge >= 0.3 is 29.6 Å². The molecular formula is C26H20Cl2N3NaO6S. The quantitative estimate of drug-likeness (QED) is 0.189. The molecule has 9 nitrogen and oxygen atoms in total. The maximum atomic E-state index is 13.5. The Bertz CT molecular complexity index is 1710. The van der Waals surface area contributed by atoms with Gasteiger partial charge in [0.25, 0.3) is 16.0 Å². The molecule has 0 radical (unpaired) electrons. The van der Waals surface area contributed by atoms with E-state index in [9.17, 15) is 22.9 Å². The van der Waals surface area contributed by atoms with Gasteiger partial charge in [-0.05, 0) is 47.7 Å². The Hall–Kier alpha value is -2.70. The van der Waals surface area contributed by atoms with Crippen molar-refractivity contribution in [2.45, 2.75) is 18.2 Å². The summed E-state index contributed by atoms with van der Waals surface area (Å²) in [5.74, 6) is -1.18. The summed E-state index contributed by atoms with van der Waals surface area (Å²) < 4.78 is 39.3. The molecule has 0 aliphatic heterocycles. The van der Waals surface area contributed by atoms with Crippen LogP contribution in [0, 0.1) is 0 Å². The number of halogens is 2. The number of nitrogens with zero attached hydrogens (tertiary/aromatic N) is 2. The Morgan fingerprint density at radius 2 is 1.77 bits per heavy atom. The number of hydrogen-bond donors (Lipinski definition) is 2. The maximum absolute atomic E-state index is 13.5. The van der Waals surface area contributed by atoms with E-state index < -0.39 is 26.7 Å². The predicted octanol–water partition coefficient (Wildman–Crippen LogP) is 3.71. The SMILES string of the molecule is CCc1cc(Cl)cc(N=Nc2c([O-])c(C(=O)Nc3ccc(Cl)cc3OC)cc3ccccc23)c1S(=O)(=O)O.[Na+]. The second-order valence-corrected chi connectivity index (χ2v) is 10.3. The minimum atomic E-state index is -4.69. The first kappa shape index (κ1) is 30.8. The first-order valence-corrected chi connectivity index (χ1v) is 13.3. The van der Waals surface area contributed by atoms with Crippen molar-refractivity contribution in [1.82, 2.24) is 0 Å². The van der Waals surface area contributed by atoms with Crippen LogP contribution >= 0.6 is 23.2 Å². The van der Waals surface area contributed by atoms with Crippen LogP contribution in [-0.4, -0.2) is 26.0 Å². The van der Waals surface area contributed by atoms with Gasteiger partial charge in [0.05, 0.1) is 18.5 Å². The molecule has 0 saturated heterocycles. The first-order chi connectivity index (χ1) is 18.0. The second kappa shape index (κ2) is 12.6. The summed E-state index contributed by atoms with van der Waals surface area (Å²) in [7, 11) is -3.28. The van der Waals surface area contributed by atoms with Crippen LogP contribution in [0.2, 0.25) is 10.0 Å². The molecule has 196 valence electrons. The van der Waals surface area contributed by atoms with Crippen LogP contribution in [0.3, 0.4) is 0 Å². The molecule has 2 N–H and O–H groups in total. The van der Waals surface area contributed by atoms with E-state index in [0.29, 0.717) is 27.2 Å². The predicted molar refractivity (Wildman–Crippen MR) is 144 cm³/mol. The number of azo groups is 1. The minimum Gasteiger partial charge on any atom is -0.870 e. The molecule has 0 aromatic heterocycles. The summed E-state index contributed by atoms with van der Waals surface area (Å²) in [5, 5.41) is 25.6. The average Bonchev–Trinajstić information content (AvgIpc) is 2.87. The number of nitrogens with one attached hydrogen (secondary N) is 1. The number of benzene rings is 4. The van der Waals surface area contributed by atoms with Gasteiger partial charge in [-0.2, -0.15) is 13.5 Å². The molecule has 4 rings (SSSR count). The van der Waals surface area contributed by atoms with Crippen molar-refractivity contribution in [3.63, 3.8) is 0 Å². The number of ether oxygens (including phenoxy) is 1. The van der Waals surface area contributed by atoms with E-state index in [1.54, 1.807) is 37.3 Å². The molecule has 39 heavy (non-hydrogen) atoms. The van der Waals surface area contributed by atoms with Crippen LogP contribution in [0.25, 0.3) is 10.8 Å². The molecule has 0 heterocycles. The molecule has 0 aliphatic rings. The molecule has 4 aromatic rings. The average molecular weight is 596 g/mol. The monoisotopic (exact) mass is 595 g/mol. The van der Waals surface area contributed by atoms with Crippen LogP contribution < -0.4 is 44.7 Å². The summed E-state index contributed by atoms with van der Waals surface area (Å²) in [6, 6.07) is 15.3. The number of amides is 1. The van der Waals surface area contributed by atoms with E-state index in [1.807, 2.05) is 0 Å². The zero-order valence-electron chi connectivity index (χ0n) is 21.0. The van der Waals surface area contributed by atoms with Crippen molar-refractivity contribution < 1.29 is 57.2 Å². The summed E-state index contributed by atoms with van der Waals surface area (Å²) >= 11 is 12.1. The van der Waals surface area contributed by atoms with Gasteiger partial charge in [0.1, 0.15) is 16.3 Å². The number of carbonyl (C=O) groups is 1. The van der Waals surface area contributed by atoms with Crippen molar-refractivity contribution in [3.05, 3.63) is 81.8 Å². The fourth-order valence-electron chi connectivity index (χ4n) is 3.91. The van der Waals surface area contributed by atoms with Gasteiger partial charge < -0.3 is 15.2 Å². The summed E-state index contributed by atoms with van der Waals surface area (Å²) in [5.41, 5.74) is -0.158. The molecular weight excluding hydrogens is 576 g/mol. The van der Waals surface area contributed by atoms with Gasteiger partial charge in [0.2, 0.25) is 0 Å². The number of rotatable bonds is 7. The number of anilines is 1. The van der Waals surface area contributed by atoms with Gasteiger partial charge in [-0.15, -0.1) is 5.11 Å². The third-order valence-corrected chi connectivity index (χ3v) is 7.08. The van der Waals surface area contributed by atoms with E-state index >= 15 is 0 Å². The Kier molecular flexibility index (Phi) is 10.0. The van der Waals surface area contributed by atoms with Gasteiger partial charge in [-0.1, -0.05) is 60.1 Å². The molecule has 1 amide bonds. The number of carbonyl (C=O) groups excluding carboxylic acids is 1. The normalized spacial score (nSPS) is 11.4. The largest absolute Gasteiger partial charge is 1.00 e. The molecule has 0 aliphatic carbocycles. The van der Waals surface area contributed by atoms with Gasteiger partial charge in [0, 0.05) is 27.1 Å². The van der Waals surface area contributed by atoms with E-state index in [-0.39, 0.29) is 63.5 Å². The Balaban J connectivity index is 0.00000420. The van der Waals surface area contributed by atoms with Gasteiger partial charge in [-0.3, -0.25) is 9.35 Å². The van der Waals surface area contributed by atoms with Crippen molar-refractivity contribution in [1.29, 1.82) is 0 Å². The van der Waals surface area contributed by atoms with Crippen LogP contribution in [0.4, 0.5) is 17.1 Å². The number of fused-ring (bicyclic) bond motifs is 1. The Morgan fingerprint density at radius 3 is 2.44 bits per heavy atom. The summed E-state index contributed by atoms with van der Waals surface area (Å²) in [4.78, 5) is 12.7. The number of methoxy groups -OCH3 is 1. The van der Waals surface area contributed by atoms with E-state index in [2.05, 4.69) is 15.5 Å². The fourth-order valence-corrected chi connectivity index (χ4v) is 5.20. The Morgan fingerprint density at radius 1 is 1.05 bits per heavy atom. The molecule has 0 bridgehead atoms. The molecule has 0 spiro atoms. The minimum absolute atomic E-state index is 0. The zero-order chi connectivity index (χ0) is 27.6. The molecule has 0 atom stereocenters. The molecule has 0 saturated carbocycles. The van der Waals surface area contributed by atoms with E-state index in [0.717, 1.165) is 0 Å². The van der Waals surface area contributed by atoms with Crippen molar-refractivity contribution >= 4 is 67.1 Å². The van der Waals surface area contributed by atoms with Gasteiger partial charge in [-0.25, -0.2) is 0 Å². The van der Waals surface area contributed by atoms with Crippen LogP contribution in [0.1, 0.15) is 22.8 Å². The van der Waals surface area contributed by atoms with Crippen LogP contribution in [0.5, 0.6) is 11.5 Å². The van der Waals surface area contributed by atoms with E-state index in [4.69, 9.17) is 27.9 Å². The fraction of sp³-hybridized carbons (Fsp3) is 0.115. The standard InChI is InChI=1S/C26H21Cl2N3O6S.Na/c1-3-14-10-17(28)12-21(25(14)38(34,35)36)30-31-23-18-7-5-4-6-15(18)11-19(24(23)32)26(33)29-20-9-8-16(27)13-22(20)37-2;/h4-13,32H,3H2,1-2H3,(H,29,33)(H,34,35,36);/q;+1/p-1. The number of aryl methyl sites for hydroxylation is 1. The van der Waals surface area contributed by atoms with Crippen LogP contribution in [0.15, 0.2) is 75.8 Å². The zero-order valence-corrected chi connectivity index (χ0v) is 25.4. The maximum Gasteiger partial charge on any atom is 1.00 e. The smallest absolute Gasteiger partial charge is 0.870 e. The van der Waals surface area contributed by atoms with E-state index in [1.165, 1.54) is 37.4 Å². The van der Waals surface area contributed by atoms with Crippen molar-refractivity contribution in [2.75, 3.05) is 12.4 Å².